The van der Waals surface area contributed by atoms with Crippen LogP contribution in [0.2, 0.25) is 0 Å². The molecule has 0 aliphatic carbocycles. The highest BCUT2D eigenvalue weighted by molar-refractivity contribution is 7.11. The Hall–Kier alpha value is -2.85. The van der Waals surface area contributed by atoms with Gasteiger partial charge in [-0.05, 0) is 40.8 Å². The smallest absolute Gasteiger partial charge is 0.252 e. The van der Waals surface area contributed by atoms with Gasteiger partial charge in [0.15, 0.2) is 0 Å². The van der Waals surface area contributed by atoms with E-state index in [0.29, 0.717) is 12.1 Å². The Morgan fingerprint density at radius 1 is 1.04 bits per heavy atom. The van der Waals surface area contributed by atoms with Gasteiger partial charge in [0.05, 0.1) is 7.11 Å². The zero-order chi connectivity index (χ0) is 17.5. The van der Waals surface area contributed by atoms with Crippen LogP contribution in [0, 0.1) is 0 Å². The van der Waals surface area contributed by atoms with Crippen LogP contribution in [-0.4, -0.2) is 13.0 Å². The summed E-state index contributed by atoms with van der Waals surface area (Å²) in [5.41, 5.74) is 2.59. The number of amides is 1. The summed E-state index contributed by atoms with van der Waals surface area (Å²) in [7, 11) is 1.64. The summed E-state index contributed by atoms with van der Waals surface area (Å²) in [4.78, 5) is 13.8. The zero-order valence-electron chi connectivity index (χ0n) is 13.9. The Balaban J connectivity index is 1.77. The fourth-order valence-corrected chi connectivity index (χ4v) is 3.09. The highest BCUT2D eigenvalue weighted by Gasteiger charge is 2.12. The normalized spacial score (nSPS) is 11.2. The van der Waals surface area contributed by atoms with Crippen LogP contribution in [0.4, 0.5) is 0 Å². The fraction of sp³-hybridized carbons (Fsp3) is 0.0952. The van der Waals surface area contributed by atoms with Crippen LogP contribution in [0.1, 0.15) is 16.0 Å². The standard InChI is InChI=1S/C21H19NO2S/c1-24-18-11-9-16(10-12-18)15-22-21(23)20(14-19-8-5-13-25-19)17-6-3-2-4-7-17/h2-14H,15H2,1H3,(H,22,23)/b20-14+. The Labute approximate surface area is 151 Å². The van der Waals surface area contributed by atoms with E-state index in [4.69, 9.17) is 4.74 Å². The summed E-state index contributed by atoms with van der Waals surface area (Å²) in [5, 5.41) is 5.01. The number of methoxy groups -OCH3 is 1. The summed E-state index contributed by atoms with van der Waals surface area (Å²) in [6, 6.07) is 21.4. The maximum atomic E-state index is 12.8. The van der Waals surface area contributed by atoms with E-state index in [1.54, 1.807) is 18.4 Å². The van der Waals surface area contributed by atoms with Gasteiger partial charge in [-0.3, -0.25) is 4.79 Å². The Morgan fingerprint density at radius 2 is 1.80 bits per heavy atom. The molecule has 0 radical (unpaired) electrons. The predicted octanol–water partition coefficient (Wildman–Crippen LogP) is 4.61. The first kappa shape index (κ1) is 17.0. The van der Waals surface area contributed by atoms with Crippen LogP contribution in [-0.2, 0) is 11.3 Å². The minimum absolute atomic E-state index is 0.0876. The third-order valence-electron chi connectivity index (χ3n) is 3.77. The van der Waals surface area contributed by atoms with E-state index in [1.165, 1.54) is 0 Å². The van der Waals surface area contributed by atoms with Crippen LogP contribution in [0.3, 0.4) is 0 Å². The van der Waals surface area contributed by atoms with Gasteiger partial charge in [0.2, 0.25) is 0 Å². The molecule has 0 saturated heterocycles. The number of hydrogen-bond acceptors (Lipinski definition) is 3. The van der Waals surface area contributed by atoms with Crippen molar-refractivity contribution in [2.75, 3.05) is 7.11 Å². The van der Waals surface area contributed by atoms with Gasteiger partial charge in [-0.2, -0.15) is 0 Å². The molecular weight excluding hydrogens is 330 g/mol. The number of benzene rings is 2. The third-order valence-corrected chi connectivity index (χ3v) is 4.59. The third kappa shape index (κ3) is 4.58. The van der Waals surface area contributed by atoms with Crippen molar-refractivity contribution in [2.45, 2.75) is 6.54 Å². The molecule has 1 heterocycles. The summed E-state index contributed by atoms with van der Waals surface area (Å²) < 4.78 is 5.15. The molecule has 2 aromatic carbocycles. The second kappa shape index (κ2) is 8.31. The van der Waals surface area contributed by atoms with Crippen molar-refractivity contribution in [2.24, 2.45) is 0 Å². The van der Waals surface area contributed by atoms with E-state index in [2.05, 4.69) is 5.32 Å². The highest BCUT2D eigenvalue weighted by atomic mass is 32.1. The topological polar surface area (TPSA) is 38.3 Å². The largest absolute Gasteiger partial charge is 0.497 e. The van der Waals surface area contributed by atoms with Gasteiger partial charge in [0.25, 0.3) is 5.91 Å². The summed E-state index contributed by atoms with van der Waals surface area (Å²) in [6.07, 6.45) is 1.93. The molecule has 0 aliphatic heterocycles. The van der Waals surface area contributed by atoms with E-state index >= 15 is 0 Å². The monoisotopic (exact) mass is 349 g/mol. The first-order valence-corrected chi connectivity index (χ1v) is 8.86. The van der Waals surface area contributed by atoms with Crippen molar-refractivity contribution in [3.63, 3.8) is 0 Å². The second-order valence-electron chi connectivity index (χ2n) is 5.47. The maximum absolute atomic E-state index is 12.8. The molecule has 3 nitrogen and oxygen atoms in total. The molecule has 0 bridgehead atoms. The van der Waals surface area contributed by atoms with E-state index in [1.807, 2.05) is 78.2 Å². The van der Waals surface area contributed by atoms with E-state index in [-0.39, 0.29) is 5.91 Å². The lowest BCUT2D eigenvalue weighted by Crippen LogP contribution is -2.23. The molecule has 4 heteroatoms. The van der Waals surface area contributed by atoms with Crippen LogP contribution >= 0.6 is 11.3 Å². The van der Waals surface area contributed by atoms with E-state index in [9.17, 15) is 4.79 Å². The van der Waals surface area contributed by atoms with Crippen LogP contribution in [0.15, 0.2) is 72.1 Å². The summed E-state index contributed by atoms with van der Waals surface area (Å²) in [6.45, 7) is 0.470. The Kier molecular flexibility index (Phi) is 5.65. The number of carbonyl (C=O) groups excluding carboxylic acids is 1. The molecule has 0 fully saturated rings. The van der Waals surface area contributed by atoms with Gasteiger partial charge >= 0.3 is 0 Å². The van der Waals surface area contributed by atoms with Crippen molar-refractivity contribution >= 4 is 28.9 Å². The molecule has 1 N–H and O–H groups in total. The molecule has 0 aliphatic rings. The average molecular weight is 349 g/mol. The van der Waals surface area contributed by atoms with Crippen molar-refractivity contribution in [1.29, 1.82) is 0 Å². The number of nitrogens with one attached hydrogen (secondary N) is 1. The number of ether oxygens (including phenoxy) is 1. The first-order valence-electron chi connectivity index (χ1n) is 7.98. The molecular formula is C21H19NO2S. The first-order chi connectivity index (χ1) is 12.3. The van der Waals surface area contributed by atoms with Gasteiger partial charge in [-0.15, -0.1) is 11.3 Å². The van der Waals surface area contributed by atoms with Gasteiger partial charge in [0, 0.05) is 17.0 Å². The van der Waals surface area contributed by atoms with Crippen molar-refractivity contribution < 1.29 is 9.53 Å². The van der Waals surface area contributed by atoms with Crippen molar-refractivity contribution in [1.82, 2.24) is 5.32 Å². The van der Waals surface area contributed by atoms with E-state index < -0.39 is 0 Å². The van der Waals surface area contributed by atoms with Crippen molar-refractivity contribution in [3.05, 3.63) is 88.1 Å². The van der Waals surface area contributed by atoms with Crippen molar-refractivity contribution in [3.8, 4) is 5.75 Å². The lowest BCUT2D eigenvalue weighted by Gasteiger charge is -2.10. The zero-order valence-corrected chi connectivity index (χ0v) is 14.8. The minimum Gasteiger partial charge on any atom is -0.497 e. The molecule has 0 unspecified atom stereocenters. The van der Waals surface area contributed by atoms with E-state index in [0.717, 1.165) is 21.8 Å². The molecule has 1 aromatic heterocycles. The van der Waals surface area contributed by atoms with Gasteiger partial charge < -0.3 is 10.1 Å². The SMILES string of the molecule is COc1ccc(CNC(=O)/C(=C/c2cccs2)c2ccccc2)cc1. The number of rotatable bonds is 6. The lowest BCUT2D eigenvalue weighted by atomic mass is 10.0. The van der Waals surface area contributed by atoms with Gasteiger partial charge in [-0.25, -0.2) is 0 Å². The second-order valence-corrected chi connectivity index (χ2v) is 6.45. The molecule has 3 aromatic rings. The van der Waals surface area contributed by atoms with Crippen LogP contribution in [0.25, 0.3) is 11.6 Å². The summed E-state index contributed by atoms with van der Waals surface area (Å²) >= 11 is 1.61. The Bertz CT molecular complexity index is 837. The minimum atomic E-state index is -0.0876. The molecule has 126 valence electrons. The van der Waals surface area contributed by atoms with Gasteiger partial charge in [0.1, 0.15) is 5.75 Å². The average Bonchev–Trinajstić information content (AvgIpc) is 3.18. The molecule has 3 rings (SSSR count). The predicted molar refractivity (Wildman–Crippen MR) is 103 cm³/mol. The molecule has 25 heavy (non-hydrogen) atoms. The molecule has 1 amide bonds. The highest BCUT2D eigenvalue weighted by Crippen LogP contribution is 2.21. The summed E-state index contributed by atoms with van der Waals surface area (Å²) in [5.74, 6) is 0.716. The van der Waals surface area contributed by atoms with Crippen LogP contribution < -0.4 is 10.1 Å². The Morgan fingerprint density at radius 3 is 2.44 bits per heavy atom. The molecule has 0 spiro atoms. The molecule has 0 saturated carbocycles. The fourth-order valence-electron chi connectivity index (χ4n) is 2.43. The molecule has 0 atom stereocenters. The number of thiophene rings is 1. The van der Waals surface area contributed by atoms with Crippen LogP contribution in [0.5, 0.6) is 5.75 Å². The number of hydrogen-bond donors (Lipinski definition) is 1. The number of carbonyl (C=O) groups is 1. The quantitative estimate of drug-likeness (QED) is 0.660. The lowest BCUT2D eigenvalue weighted by molar-refractivity contribution is -0.115. The maximum Gasteiger partial charge on any atom is 0.252 e. The van der Waals surface area contributed by atoms with Gasteiger partial charge in [-0.1, -0.05) is 48.5 Å².